The van der Waals surface area contributed by atoms with Crippen molar-refractivity contribution in [2.75, 3.05) is 19.7 Å². The number of likely N-dealkylation sites (tertiary alicyclic amines) is 1. The topological polar surface area (TPSA) is 41.6 Å². The van der Waals surface area contributed by atoms with Gasteiger partial charge in [-0.15, -0.1) is 0 Å². The highest BCUT2D eigenvalue weighted by molar-refractivity contribution is 5.67. The Morgan fingerprint density at radius 2 is 2.10 bits per heavy atom. The Kier molecular flexibility index (Phi) is 6.34. The minimum absolute atomic E-state index is 0.250. The molecule has 4 nitrogen and oxygen atoms in total. The van der Waals surface area contributed by atoms with E-state index in [-0.39, 0.29) is 12.1 Å². The Hall–Kier alpha value is -0.770. The van der Waals surface area contributed by atoms with Gasteiger partial charge in [0.1, 0.15) is 0 Å². The van der Waals surface area contributed by atoms with Crippen molar-refractivity contribution in [2.24, 2.45) is 11.8 Å². The molecule has 1 N–H and O–H groups in total. The van der Waals surface area contributed by atoms with Gasteiger partial charge >= 0.3 is 6.09 Å². The van der Waals surface area contributed by atoms with Crippen LogP contribution >= 0.6 is 0 Å². The molecule has 2 fully saturated rings. The minimum atomic E-state index is -0.250. The molecule has 0 aromatic rings. The third-order valence-electron chi connectivity index (χ3n) is 5.17. The number of unbranched alkanes of at least 4 members (excludes halogenated alkanes) is 1. The van der Waals surface area contributed by atoms with E-state index >= 15 is 0 Å². The van der Waals surface area contributed by atoms with Crippen molar-refractivity contribution < 1.29 is 9.53 Å². The molecule has 1 amide bonds. The predicted molar refractivity (Wildman–Crippen MR) is 85.3 cm³/mol. The third-order valence-corrected chi connectivity index (χ3v) is 5.17. The van der Waals surface area contributed by atoms with Crippen LogP contribution in [-0.2, 0) is 4.74 Å². The fourth-order valence-electron chi connectivity index (χ4n) is 3.85. The molecule has 1 saturated carbocycles. The molecule has 122 valence electrons. The molecule has 0 spiro atoms. The standard InChI is InChI=1S/C17H32N2O2/c1-4-6-7-14-10-15(18-17(20)21-5-2)12-19(11-14)16-9-8-13(16)3/h13-16H,4-12H2,1-3H3,(H,18,20). The Labute approximate surface area is 129 Å². The van der Waals surface area contributed by atoms with E-state index in [0.29, 0.717) is 6.61 Å². The number of hydrogen-bond acceptors (Lipinski definition) is 3. The van der Waals surface area contributed by atoms with Crippen molar-refractivity contribution in [2.45, 2.75) is 71.4 Å². The number of carbonyl (C=O) groups is 1. The minimum Gasteiger partial charge on any atom is -0.450 e. The molecule has 2 rings (SSSR count). The van der Waals surface area contributed by atoms with Crippen LogP contribution in [0.25, 0.3) is 0 Å². The first-order chi connectivity index (χ1) is 10.1. The zero-order valence-corrected chi connectivity index (χ0v) is 13.9. The number of hydrogen-bond donors (Lipinski definition) is 1. The van der Waals surface area contributed by atoms with Gasteiger partial charge in [0.25, 0.3) is 0 Å². The SMILES string of the molecule is CCCCC1CC(NC(=O)OCC)CN(C2CCC2C)C1. The van der Waals surface area contributed by atoms with Crippen molar-refractivity contribution in [3.05, 3.63) is 0 Å². The maximum Gasteiger partial charge on any atom is 0.407 e. The van der Waals surface area contributed by atoms with Crippen LogP contribution in [0.3, 0.4) is 0 Å². The smallest absolute Gasteiger partial charge is 0.407 e. The fraction of sp³-hybridized carbons (Fsp3) is 0.941. The fourth-order valence-corrected chi connectivity index (χ4v) is 3.85. The monoisotopic (exact) mass is 296 g/mol. The molecule has 4 unspecified atom stereocenters. The molecule has 2 aliphatic rings. The van der Waals surface area contributed by atoms with Crippen molar-refractivity contribution in [1.29, 1.82) is 0 Å². The van der Waals surface area contributed by atoms with Crippen molar-refractivity contribution in [3.63, 3.8) is 0 Å². The van der Waals surface area contributed by atoms with Gasteiger partial charge < -0.3 is 10.1 Å². The molecular formula is C17H32N2O2. The number of carbonyl (C=O) groups excluding carboxylic acids is 1. The number of ether oxygens (including phenoxy) is 1. The van der Waals surface area contributed by atoms with E-state index < -0.39 is 0 Å². The summed E-state index contributed by atoms with van der Waals surface area (Å²) in [6.45, 7) is 9.13. The van der Waals surface area contributed by atoms with Gasteiger partial charge in [-0.25, -0.2) is 4.79 Å². The average Bonchev–Trinajstić information content (AvgIpc) is 2.43. The van der Waals surface area contributed by atoms with E-state index in [1.165, 1.54) is 38.6 Å². The molecule has 0 radical (unpaired) electrons. The first kappa shape index (κ1) is 16.6. The second-order valence-electron chi connectivity index (χ2n) is 6.88. The van der Waals surface area contributed by atoms with E-state index in [2.05, 4.69) is 24.1 Å². The van der Waals surface area contributed by atoms with Crippen LogP contribution in [0.5, 0.6) is 0 Å². The van der Waals surface area contributed by atoms with Gasteiger partial charge in [0, 0.05) is 25.2 Å². The Morgan fingerprint density at radius 3 is 2.67 bits per heavy atom. The molecule has 1 heterocycles. The Balaban J connectivity index is 1.91. The van der Waals surface area contributed by atoms with Gasteiger partial charge in [0.2, 0.25) is 0 Å². The molecule has 1 saturated heterocycles. The van der Waals surface area contributed by atoms with Gasteiger partial charge in [-0.05, 0) is 44.4 Å². The first-order valence-electron chi connectivity index (χ1n) is 8.81. The van der Waals surface area contributed by atoms with E-state index in [0.717, 1.165) is 30.8 Å². The van der Waals surface area contributed by atoms with E-state index in [9.17, 15) is 4.79 Å². The molecule has 21 heavy (non-hydrogen) atoms. The number of nitrogens with one attached hydrogen (secondary N) is 1. The van der Waals surface area contributed by atoms with Crippen LogP contribution in [0.2, 0.25) is 0 Å². The van der Waals surface area contributed by atoms with Crippen LogP contribution in [0.1, 0.15) is 59.3 Å². The number of piperidine rings is 1. The van der Waals surface area contributed by atoms with Gasteiger partial charge in [-0.1, -0.05) is 26.7 Å². The summed E-state index contributed by atoms with van der Waals surface area (Å²) >= 11 is 0. The van der Waals surface area contributed by atoms with Crippen molar-refractivity contribution in [1.82, 2.24) is 10.2 Å². The maximum absolute atomic E-state index is 11.7. The normalized spacial score (nSPS) is 33.3. The lowest BCUT2D eigenvalue weighted by Crippen LogP contribution is -2.57. The molecule has 0 bridgehead atoms. The van der Waals surface area contributed by atoms with Crippen LogP contribution < -0.4 is 5.32 Å². The largest absolute Gasteiger partial charge is 0.450 e. The molecule has 1 aliphatic carbocycles. The van der Waals surface area contributed by atoms with Crippen LogP contribution in [0.15, 0.2) is 0 Å². The Morgan fingerprint density at radius 1 is 1.29 bits per heavy atom. The first-order valence-corrected chi connectivity index (χ1v) is 8.81. The van der Waals surface area contributed by atoms with Crippen LogP contribution in [-0.4, -0.2) is 42.8 Å². The highest BCUT2D eigenvalue weighted by Crippen LogP contribution is 2.35. The zero-order valence-electron chi connectivity index (χ0n) is 13.9. The summed E-state index contributed by atoms with van der Waals surface area (Å²) < 4.78 is 5.05. The molecule has 4 heteroatoms. The van der Waals surface area contributed by atoms with Crippen molar-refractivity contribution >= 4 is 6.09 Å². The lowest BCUT2D eigenvalue weighted by atomic mass is 9.77. The molecule has 0 aromatic carbocycles. The molecular weight excluding hydrogens is 264 g/mol. The summed E-state index contributed by atoms with van der Waals surface area (Å²) in [6, 6.07) is 0.994. The summed E-state index contributed by atoms with van der Waals surface area (Å²) in [5, 5.41) is 3.07. The lowest BCUT2D eigenvalue weighted by Gasteiger charge is -2.48. The summed E-state index contributed by atoms with van der Waals surface area (Å²) in [6.07, 6.45) is 7.38. The van der Waals surface area contributed by atoms with Gasteiger partial charge in [-0.2, -0.15) is 0 Å². The highest BCUT2D eigenvalue weighted by atomic mass is 16.5. The van der Waals surface area contributed by atoms with E-state index in [1.54, 1.807) is 0 Å². The predicted octanol–water partition coefficient (Wildman–Crippen LogP) is 3.41. The molecule has 0 aromatic heterocycles. The lowest BCUT2D eigenvalue weighted by molar-refractivity contribution is 0.0203. The van der Waals surface area contributed by atoms with Crippen molar-refractivity contribution in [3.8, 4) is 0 Å². The summed E-state index contributed by atoms with van der Waals surface area (Å²) in [7, 11) is 0. The zero-order chi connectivity index (χ0) is 15.2. The quantitative estimate of drug-likeness (QED) is 0.816. The van der Waals surface area contributed by atoms with Gasteiger partial charge in [0.15, 0.2) is 0 Å². The number of alkyl carbamates (subject to hydrolysis) is 1. The second kappa shape index (κ2) is 8.02. The molecule has 1 aliphatic heterocycles. The number of nitrogens with zero attached hydrogens (tertiary/aromatic N) is 1. The summed E-state index contributed by atoms with van der Waals surface area (Å²) in [5.74, 6) is 1.54. The maximum atomic E-state index is 11.7. The third kappa shape index (κ3) is 4.60. The Bertz CT molecular complexity index is 335. The van der Waals surface area contributed by atoms with Crippen LogP contribution in [0.4, 0.5) is 4.79 Å². The van der Waals surface area contributed by atoms with E-state index in [1.807, 2.05) is 6.92 Å². The van der Waals surface area contributed by atoms with Gasteiger partial charge in [-0.3, -0.25) is 4.90 Å². The summed E-state index contributed by atoms with van der Waals surface area (Å²) in [5.41, 5.74) is 0. The number of rotatable bonds is 6. The number of amides is 1. The molecule has 4 atom stereocenters. The average molecular weight is 296 g/mol. The van der Waals surface area contributed by atoms with E-state index in [4.69, 9.17) is 4.74 Å². The highest BCUT2D eigenvalue weighted by Gasteiger charge is 2.37. The second-order valence-corrected chi connectivity index (χ2v) is 6.88. The van der Waals surface area contributed by atoms with Crippen LogP contribution in [0, 0.1) is 11.8 Å². The summed E-state index contributed by atoms with van der Waals surface area (Å²) in [4.78, 5) is 14.3. The van der Waals surface area contributed by atoms with Gasteiger partial charge in [0.05, 0.1) is 6.61 Å².